The zero-order chi connectivity index (χ0) is 14.5. The van der Waals surface area contributed by atoms with Crippen LogP contribution in [0, 0.1) is 0 Å². The summed E-state index contributed by atoms with van der Waals surface area (Å²) in [6.07, 6.45) is 3.69. The van der Waals surface area contributed by atoms with E-state index in [-0.39, 0.29) is 10.8 Å². The second-order valence-electron chi connectivity index (χ2n) is 5.47. The van der Waals surface area contributed by atoms with E-state index in [1.54, 1.807) is 0 Å². The van der Waals surface area contributed by atoms with Gasteiger partial charge in [-0.15, -0.1) is 11.3 Å². The van der Waals surface area contributed by atoms with Crippen LogP contribution >= 0.6 is 15.9 Å². The third-order valence-electron chi connectivity index (χ3n) is 2.74. The fourth-order valence-electron chi connectivity index (χ4n) is 1.58. The molecule has 0 aliphatic carbocycles. The van der Waals surface area contributed by atoms with E-state index in [2.05, 4.69) is 39.4 Å². The molecule has 19 heavy (non-hydrogen) atoms. The first-order valence-corrected chi connectivity index (χ1v) is 8.33. The van der Waals surface area contributed by atoms with E-state index >= 15 is 0 Å². The van der Waals surface area contributed by atoms with E-state index in [4.69, 9.17) is 0 Å². The monoisotopic (exact) mass is 343 g/mol. The van der Waals surface area contributed by atoms with Crippen molar-refractivity contribution in [2.75, 3.05) is 0 Å². The zero-order valence-electron chi connectivity index (χ0n) is 11.8. The molecule has 0 aromatic heterocycles. The van der Waals surface area contributed by atoms with Crippen LogP contribution in [0.3, 0.4) is 0 Å². The van der Waals surface area contributed by atoms with Crippen LogP contribution in [0.15, 0.2) is 41.4 Å². The van der Waals surface area contributed by atoms with Crippen molar-refractivity contribution in [3.63, 3.8) is 0 Å². The van der Waals surface area contributed by atoms with Gasteiger partial charge < -0.3 is 4.55 Å². The lowest BCUT2D eigenvalue weighted by Crippen LogP contribution is -2.41. The number of halogens is 1. The van der Waals surface area contributed by atoms with Crippen LogP contribution in [0.4, 0.5) is 0 Å². The standard InChI is InChI=1S/C15H22BrNOS/c1-5-6-7-14(17-19(18)15(2,3)4)12-8-10-13(16)11-9-12/h5,8-11,14,17H,1,6-7H2,2-4H3/t14-,19?/m1/s1. The second-order valence-corrected chi connectivity index (χ2v) is 8.38. The molecule has 0 radical (unpaired) electrons. The Morgan fingerprint density at radius 1 is 1.37 bits per heavy atom. The molecule has 0 aliphatic rings. The van der Waals surface area contributed by atoms with E-state index in [1.165, 1.54) is 0 Å². The number of allylic oxidation sites excluding steroid dienone is 1. The van der Waals surface area contributed by atoms with Gasteiger partial charge in [-0.3, -0.25) is 0 Å². The summed E-state index contributed by atoms with van der Waals surface area (Å²) in [7, 11) is 0. The second kappa shape index (κ2) is 7.48. The maximum absolute atomic E-state index is 12.2. The number of nitrogens with one attached hydrogen (secondary N) is 1. The molecule has 0 saturated heterocycles. The van der Waals surface area contributed by atoms with Gasteiger partial charge in [-0.1, -0.05) is 34.1 Å². The minimum Gasteiger partial charge on any atom is -0.598 e. The largest absolute Gasteiger partial charge is 0.598 e. The molecule has 2 nitrogen and oxygen atoms in total. The average molecular weight is 344 g/mol. The molecule has 1 rings (SSSR count). The van der Waals surface area contributed by atoms with Gasteiger partial charge in [0.1, 0.15) is 4.75 Å². The van der Waals surface area contributed by atoms with Crippen LogP contribution in [0.2, 0.25) is 0 Å². The van der Waals surface area contributed by atoms with E-state index in [0.717, 1.165) is 22.9 Å². The van der Waals surface area contributed by atoms with E-state index in [0.29, 0.717) is 0 Å². The average Bonchev–Trinajstić information content (AvgIpc) is 2.34. The molecule has 0 fully saturated rings. The Labute approximate surface area is 128 Å². The molecular formula is C15H22BrNOS. The van der Waals surface area contributed by atoms with Crippen LogP contribution in [0.1, 0.15) is 45.2 Å². The van der Waals surface area contributed by atoms with Crippen LogP contribution < -0.4 is 4.72 Å². The fraction of sp³-hybridized carbons (Fsp3) is 0.467. The predicted octanol–water partition coefficient (Wildman–Crippen LogP) is 4.51. The first kappa shape index (κ1) is 16.8. The van der Waals surface area contributed by atoms with Gasteiger partial charge in [0.2, 0.25) is 0 Å². The predicted molar refractivity (Wildman–Crippen MR) is 87.3 cm³/mol. The van der Waals surface area contributed by atoms with Gasteiger partial charge in [0.25, 0.3) is 0 Å². The Morgan fingerprint density at radius 2 is 1.95 bits per heavy atom. The number of rotatable bonds is 6. The van der Waals surface area contributed by atoms with Crippen molar-refractivity contribution in [2.45, 2.75) is 44.4 Å². The SMILES string of the molecule is C=CCC[C@@H](N[S+]([O-])C(C)(C)C)c1ccc(Br)cc1. The first-order valence-electron chi connectivity index (χ1n) is 6.39. The van der Waals surface area contributed by atoms with Gasteiger partial charge in [-0.2, -0.15) is 0 Å². The van der Waals surface area contributed by atoms with Crippen LogP contribution in [0.25, 0.3) is 0 Å². The van der Waals surface area contributed by atoms with E-state index < -0.39 is 11.4 Å². The summed E-state index contributed by atoms with van der Waals surface area (Å²) >= 11 is 2.36. The first-order chi connectivity index (χ1) is 8.84. The van der Waals surface area contributed by atoms with Crippen molar-refractivity contribution in [1.82, 2.24) is 4.72 Å². The molecule has 1 aromatic carbocycles. The summed E-state index contributed by atoms with van der Waals surface area (Å²) in [5, 5.41) is 0. The molecule has 0 amide bonds. The molecule has 1 aromatic rings. The summed E-state index contributed by atoms with van der Waals surface area (Å²) in [4.78, 5) is 0. The lowest BCUT2D eigenvalue weighted by Gasteiger charge is -2.28. The van der Waals surface area contributed by atoms with Crippen LogP contribution in [-0.2, 0) is 11.4 Å². The highest BCUT2D eigenvalue weighted by Gasteiger charge is 2.29. The van der Waals surface area contributed by atoms with Crippen LogP contribution in [0.5, 0.6) is 0 Å². The summed E-state index contributed by atoms with van der Waals surface area (Å²) in [6.45, 7) is 9.68. The minimum atomic E-state index is -1.07. The summed E-state index contributed by atoms with van der Waals surface area (Å²) < 4.78 is 16.3. The van der Waals surface area contributed by atoms with Gasteiger partial charge in [0.05, 0.1) is 6.04 Å². The molecule has 0 bridgehead atoms. The fourth-order valence-corrected chi connectivity index (χ4v) is 2.71. The van der Waals surface area contributed by atoms with Gasteiger partial charge >= 0.3 is 0 Å². The topological polar surface area (TPSA) is 35.1 Å². The molecule has 4 heteroatoms. The van der Waals surface area contributed by atoms with E-state index in [9.17, 15) is 4.55 Å². The molecule has 106 valence electrons. The molecule has 1 unspecified atom stereocenters. The number of hydrogen-bond donors (Lipinski definition) is 1. The van der Waals surface area contributed by atoms with Crippen LogP contribution in [-0.4, -0.2) is 9.30 Å². The molecule has 0 aliphatic heterocycles. The third-order valence-corrected chi connectivity index (χ3v) is 4.88. The van der Waals surface area contributed by atoms with E-state index in [1.807, 2.05) is 39.0 Å². The van der Waals surface area contributed by atoms with Crippen molar-refractivity contribution in [3.05, 3.63) is 47.0 Å². The molecule has 0 spiro atoms. The molecule has 1 N–H and O–H groups in total. The highest BCUT2D eigenvalue weighted by Crippen LogP contribution is 2.25. The maximum atomic E-state index is 12.2. The Bertz CT molecular complexity index is 400. The summed E-state index contributed by atoms with van der Waals surface area (Å²) in [5.41, 5.74) is 1.16. The minimum absolute atomic E-state index is 0.0890. The highest BCUT2D eigenvalue weighted by molar-refractivity contribution is 9.10. The van der Waals surface area contributed by atoms with Gasteiger partial charge in [0.15, 0.2) is 0 Å². The van der Waals surface area contributed by atoms with Crippen molar-refractivity contribution >= 4 is 27.3 Å². The third kappa shape index (κ3) is 5.69. The van der Waals surface area contributed by atoms with Gasteiger partial charge in [-0.05, 0) is 51.3 Å². The lowest BCUT2D eigenvalue weighted by molar-refractivity contribution is 0.513. The van der Waals surface area contributed by atoms with Gasteiger partial charge in [-0.25, -0.2) is 0 Å². The normalized spacial score (nSPS) is 15.0. The maximum Gasteiger partial charge on any atom is 0.136 e. The Morgan fingerprint density at radius 3 is 2.42 bits per heavy atom. The molecule has 2 atom stereocenters. The zero-order valence-corrected chi connectivity index (χ0v) is 14.2. The quantitative estimate of drug-likeness (QED) is 0.609. The van der Waals surface area contributed by atoms with Crippen molar-refractivity contribution < 1.29 is 4.55 Å². The Kier molecular flexibility index (Phi) is 6.60. The van der Waals surface area contributed by atoms with Crippen molar-refractivity contribution in [3.8, 4) is 0 Å². The summed E-state index contributed by atoms with van der Waals surface area (Å²) in [5.74, 6) is 0. The molecule has 0 heterocycles. The number of benzene rings is 1. The number of hydrogen-bond acceptors (Lipinski definition) is 2. The summed E-state index contributed by atoms with van der Waals surface area (Å²) in [6, 6.07) is 8.23. The molecule has 0 saturated carbocycles. The van der Waals surface area contributed by atoms with Gasteiger partial charge in [0, 0.05) is 15.8 Å². The lowest BCUT2D eigenvalue weighted by atomic mass is 10.0. The Balaban J connectivity index is 2.82. The highest BCUT2D eigenvalue weighted by atomic mass is 79.9. The smallest absolute Gasteiger partial charge is 0.136 e. The molecular weight excluding hydrogens is 322 g/mol. The Hall–Kier alpha value is -0.290. The van der Waals surface area contributed by atoms with Crippen molar-refractivity contribution in [1.29, 1.82) is 0 Å². The van der Waals surface area contributed by atoms with Crippen molar-refractivity contribution in [2.24, 2.45) is 0 Å².